The number of ether oxygens (including phenoxy) is 2. The fraction of sp³-hybridized carbons (Fsp3) is 0.192. The van der Waals surface area contributed by atoms with Gasteiger partial charge in [0.2, 0.25) is 5.78 Å². The summed E-state index contributed by atoms with van der Waals surface area (Å²) >= 11 is 0. The molecule has 0 aromatic heterocycles. The highest BCUT2D eigenvalue weighted by Crippen LogP contribution is 2.44. The molecule has 0 unspecified atom stereocenters. The van der Waals surface area contributed by atoms with E-state index in [-0.39, 0.29) is 17.2 Å². The van der Waals surface area contributed by atoms with E-state index in [0.717, 1.165) is 23.4 Å². The van der Waals surface area contributed by atoms with E-state index >= 15 is 0 Å². The van der Waals surface area contributed by atoms with Gasteiger partial charge in [-0.05, 0) is 54.8 Å². The number of ketones is 1. The molecule has 0 bridgehead atoms. The van der Waals surface area contributed by atoms with E-state index in [0.29, 0.717) is 30.2 Å². The number of non-ortho nitro benzene ring substituents is 1. The van der Waals surface area contributed by atoms with Gasteiger partial charge in [-0.2, -0.15) is 0 Å². The summed E-state index contributed by atoms with van der Waals surface area (Å²) in [7, 11) is 0. The smallest absolute Gasteiger partial charge is 0.269 e. The van der Waals surface area contributed by atoms with Crippen molar-refractivity contribution in [3.8, 4) is 11.5 Å². The summed E-state index contributed by atoms with van der Waals surface area (Å²) in [4.78, 5) is 25.7. The quantitative estimate of drug-likeness (QED) is 0.315. The molecule has 0 spiro atoms. The van der Waals surface area contributed by atoms with Crippen molar-refractivity contribution in [2.75, 3.05) is 6.73 Å². The zero-order valence-electron chi connectivity index (χ0n) is 18.3. The van der Waals surface area contributed by atoms with E-state index in [9.17, 15) is 14.9 Å². The fourth-order valence-corrected chi connectivity index (χ4v) is 4.17. The molecule has 2 aliphatic rings. The average Bonchev–Trinajstić information content (AvgIpc) is 3.13. The SMILES string of the molecule is Cc1ccc(CN2COc3cc(C)c4c(c3C2)O/C(=C\c2ccc([N+](=O)[O-])cc2)C4=O)cc1. The van der Waals surface area contributed by atoms with Gasteiger partial charge in [-0.1, -0.05) is 29.8 Å². The summed E-state index contributed by atoms with van der Waals surface area (Å²) < 4.78 is 12.1. The molecule has 0 saturated heterocycles. The lowest BCUT2D eigenvalue weighted by Crippen LogP contribution is -2.31. The Morgan fingerprint density at radius 2 is 1.82 bits per heavy atom. The van der Waals surface area contributed by atoms with Crippen LogP contribution in [0.2, 0.25) is 0 Å². The Balaban J connectivity index is 1.43. The first-order chi connectivity index (χ1) is 15.9. The van der Waals surface area contributed by atoms with Gasteiger partial charge in [0, 0.05) is 25.2 Å². The number of nitro groups is 1. The van der Waals surface area contributed by atoms with Crippen LogP contribution in [-0.4, -0.2) is 22.3 Å². The van der Waals surface area contributed by atoms with Gasteiger partial charge < -0.3 is 9.47 Å². The molecule has 0 fully saturated rings. The van der Waals surface area contributed by atoms with Gasteiger partial charge >= 0.3 is 0 Å². The molecule has 2 heterocycles. The maximum Gasteiger partial charge on any atom is 0.269 e. The molecule has 0 amide bonds. The van der Waals surface area contributed by atoms with Gasteiger partial charge in [0.05, 0.1) is 16.1 Å². The zero-order chi connectivity index (χ0) is 23.1. The van der Waals surface area contributed by atoms with Crippen LogP contribution in [0.4, 0.5) is 5.69 Å². The lowest BCUT2D eigenvalue weighted by Gasteiger charge is -2.30. The highest BCUT2D eigenvalue weighted by molar-refractivity contribution is 6.15. The van der Waals surface area contributed by atoms with Crippen LogP contribution in [0.25, 0.3) is 6.08 Å². The molecule has 33 heavy (non-hydrogen) atoms. The third-order valence-corrected chi connectivity index (χ3v) is 5.92. The van der Waals surface area contributed by atoms with Gasteiger partial charge in [0.1, 0.15) is 18.2 Å². The monoisotopic (exact) mass is 442 g/mol. The number of hydrogen-bond acceptors (Lipinski definition) is 6. The van der Waals surface area contributed by atoms with Gasteiger partial charge in [-0.3, -0.25) is 19.8 Å². The first kappa shape index (κ1) is 20.9. The second-order valence-electron chi connectivity index (χ2n) is 8.41. The molecule has 0 saturated carbocycles. The number of Topliss-reactive ketones (excluding diaryl/α,β-unsaturated/α-hetero) is 1. The summed E-state index contributed by atoms with van der Waals surface area (Å²) in [6.07, 6.45) is 1.62. The first-order valence-electron chi connectivity index (χ1n) is 10.6. The third kappa shape index (κ3) is 3.99. The minimum Gasteiger partial charge on any atom is -0.478 e. The van der Waals surface area contributed by atoms with E-state index in [1.54, 1.807) is 18.2 Å². The molecule has 166 valence electrons. The van der Waals surface area contributed by atoms with Crippen LogP contribution >= 0.6 is 0 Å². The van der Waals surface area contributed by atoms with Crippen molar-refractivity contribution in [2.24, 2.45) is 0 Å². The summed E-state index contributed by atoms with van der Waals surface area (Å²) in [5.41, 5.74) is 5.25. The maximum atomic E-state index is 13.1. The number of carbonyl (C=O) groups excluding carboxylic acids is 1. The number of aryl methyl sites for hydroxylation is 2. The molecular weight excluding hydrogens is 420 g/mol. The maximum absolute atomic E-state index is 13.1. The molecule has 5 rings (SSSR count). The molecule has 0 radical (unpaired) electrons. The number of nitro benzene ring substituents is 1. The number of allylic oxidation sites excluding steroid dienone is 1. The topological polar surface area (TPSA) is 81.9 Å². The predicted octanol–water partition coefficient (Wildman–Crippen LogP) is 5.18. The molecule has 7 nitrogen and oxygen atoms in total. The normalized spacial score (nSPS) is 16.2. The number of carbonyl (C=O) groups is 1. The molecule has 7 heteroatoms. The number of rotatable bonds is 4. The average molecular weight is 442 g/mol. The Hall–Kier alpha value is -3.97. The van der Waals surface area contributed by atoms with Crippen molar-refractivity contribution >= 4 is 17.5 Å². The van der Waals surface area contributed by atoms with E-state index in [4.69, 9.17) is 9.47 Å². The number of benzene rings is 3. The van der Waals surface area contributed by atoms with Crippen molar-refractivity contribution in [2.45, 2.75) is 26.9 Å². The van der Waals surface area contributed by atoms with Crippen molar-refractivity contribution in [3.63, 3.8) is 0 Å². The highest BCUT2D eigenvalue weighted by atomic mass is 16.6. The van der Waals surface area contributed by atoms with Crippen LogP contribution in [-0.2, 0) is 13.1 Å². The predicted molar refractivity (Wildman–Crippen MR) is 123 cm³/mol. The van der Waals surface area contributed by atoms with Crippen LogP contribution in [0.3, 0.4) is 0 Å². The Morgan fingerprint density at radius 1 is 1.09 bits per heavy atom. The zero-order valence-corrected chi connectivity index (χ0v) is 18.3. The van der Waals surface area contributed by atoms with Gasteiger partial charge in [0.25, 0.3) is 5.69 Å². The van der Waals surface area contributed by atoms with Crippen molar-refractivity contribution < 1.29 is 19.2 Å². The van der Waals surface area contributed by atoms with Crippen LogP contribution < -0.4 is 9.47 Å². The number of hydrogen-bond donors (Lipinski definition) is 0. The number of fused-ring (bicyclic) bond motifs is 3. The van der Waals surface area contributed by atoms with Crippen LogP contribution in [0.5, 0.6) is 11.5 Å². The van der Waals surface area contributed by atoms with Gasteiger partial charge in [0.15, 0.2) is 5.76 Å². The van der Waals surface area contributed by atoms with Crippen LogP contribution in [0.15, 0.2) is 60.4 Å². The van der Waals surface area contributed by atoms with E-state index < -0.39 is 4.92 Å². The van der Waals surface area contributed by atoms with E-state index in [1.807, 2.05) is 13.0 Å². The second-order valence-corrected chi connectivity index (χ2v) is 8.41. The highest BCUT2D eigenvalue weighted by Gasteiger charge is 2.35. The third-order valence-electron chi connectivity index (χ3n) is 5.92. The largest absolute Gasteiger partial charge is 0.478 e. The molecule has 3 aromatic rings. The fourth-order valence-electron chi connectivity index (χ4n) is 4.17. The van der Waals surface area contributed by atoms with Crippen LogP contribution in [0.1, 0.15) is 38.2 Å². The summed E-state index contributed by atoms with van der Waals surface area (Å²) in [6, 6.07) is 16.3. The lowest BCUT2D eigenvalue weighted by atomic mass is 9.98. The van der Waals surface area contributed by atoms with Crippen LogP contribution in [0, 0.1) is 24.0 Å². The van der Waals surface area contributed by atoms with E-state index in [2.05, 4.69) is 36.1 Å². The van der Waals surface area contributed by atoms with Crippen molar-refractivity contribution in [3.05, 3.63) is 104 Å². The van der Waals surface area contributed by atoms with Crippen molar-refractivity contribution in [1.82, 2.24) is 4.90 Å². The Kier molecular flexibility index (Phi) is 5.18. The Labute approximate surface area is 191 Å². The number of nitrogens with zero attached hydrogens (tertiary/aromatic N) is 2. The van der Waals surface area contributed by atoms with Gasteiger partial charge in [-0.25, -0.2) is 0 Å². The molecule has 0 atom stereocenters. The van der Waals surface area contributed by atoms with E-state index in [1.165, 1.54) is 23.3 Å². The Morgan fingerprint density at radius 3 is 2.52 bits per heavy atom. The molecule has 0 aliphatic carbocycles. The second kappa shape index (κ2) is 8.18. The molecular formula is C26H22N2O5. The van der Waals surface area contributed by atoms with Crippen molar-refractivity contribution in [1.29, 1.82) is 0 Å². The standard InChI is InChI=1S/C26H22N2O5/c1-16-3-5-19(6-4-16)13-27-14-21-22(32-15-27)11-17(2)24-25(29)23(33-26(21)24)12-18-7-9-20(10-8-18)28(30)31/h3-12H,13-15H2,1-2H3/b23-12-. The minimum absolute atomic E-state index is 0.00478. The summed E-state index contributed by atoms with van der Waals surface area (Å²) in [6.45, 7) is 5.72. The lowest BCUT2D eigenvalue weighted by molar-refractivity contribution is -0.384. The molecule has 2 aliphatic heterocycles. The molecule has 3 aromatic carbocycles. The molecule has 0 N–H and O–H groups in total. The minimum atomic E-state index is -0.456. The summed E-state index contributed by atoms with van der Waals surface area (Å²) in [5.74, 6) is 1.28. The first-order valence-corrected chi connectivity index (χ1v) is 10.6. The van der Waals surface area contributed by atoms with Gasteiger partial charge in [-0.15, -0.1) is 0 Å². The Bertz CT molecular complexity index is 1290. The summed E-state index contributed by atoms with van der Waals surface area (Å²) in [5, 5.41) is 10.9.